The van der Waals surface area contributed by atoms with Crippen molar-refractivity contribution in [3.8, 4) is 11.3 Å². The molecule has 96 valence electrons. The van der Waals surface area contributed by atoms with Gasteiger partial charge in [0.05, 0.1) is 0 Å². The van der Waals surface area contributed by atoms with E-state index in [0.717, 1.165) is 11.3 Å². The third-order valence-electron chi connectivity index (χ3n) is 3.58. The summed E-state index contributed by atoms with van der Waals surface area (Å²) in [6.45, 7) is 2.10. The molecular formula is C17H12N2Se. The molecular weight excluding hydrogens is 311 g/mol. The summed E-state index contributed by atoms with van der Waals surface area (Å²) in [6.07, 6.45) is 5.75. The first-order valence-electron chi connectivity index (χ1n) is 6.51. The summed E-state index contributed by atoms with van der Waals surface area (Å²) in [5, 5.41) is 2.65. The molecule has 0 saturated heterocycles. The van der Waals surface area contributed by atoms with Gasteiger partial charge in [0, 0.05) is 0 Å². The summed E-state index contributed by atoms with van der Waals surface area (Å²) < 4.78 is 2.88. The van der Waals surface area contributed by atoms with Crippen LogP contribution >= 0.6 is 0 Å². The van der Waals surface area contributed by atoms with E-state index >= 15 is 0 Å². The van der Waals surface area contributed by atoms with E-state index in [2.05, 4.69) is 47.2 Å². The molecule has 0 unspecified atom stereocenters. The number of nitrogens with zero attached hydrogens (tertiary/aromatic N) is 2. The van der Waals surface area contributed by atoms with Gasteiger partial charge in [-0.3, -0.25) is 0 Å². The number of pyridine rings is 2. The molecule has 3 heterocycles. The summed E-state index contributed by atoms with van der Waals surface area (Å²) in [5.74, 6) is 0. The molecule has 4 rings (SSSR count). The van der Waals surface area contributed by atoms with Gasteiger partial charge in [-0.05, 0) is 0 Å². The monoisotopic (exact) mass is 324 g/mol. The van der Waals surface area contributed by atoms with Crippen molar-refractivity contribution in [1.29, 1.82) is 0 Å². The molecule has 0 spiro atoms. The van der Waals surface area contributed by atoms with E-state index in [1.165, 1.54) is 24.9 Å². The van der Waals surface area contributed by atoms with Gasteiger partial charge in [-0.25, -0.2) is 0 Å². The normalized spacial score (nSPS) is 11.2. The molecule has 0 atom stereocenters. The zero-order chi connectivity index (χ0) is 13.5. The van der Waals surface area contributed by atoms with Gasteiger partial charge in [-0.15, -0.1) is 0 Å². The van der Waals surface area contributed by atoms with Crippen LogP contribution in [0, 0.1) is 6.92 Å². The predicted octanol–water partition coefficient (Wildman–Crippen LogP) is 3.82. The molecule has 0 fully saturated rings. The van der Waals surface area contributed by atoms with Gasteiger partial charge >= 0.3 is 122 Å². The van der Waals surface area contributed by atoms with Gasteiger partial charge in [0.1, 0.15) is 0 Å². The van der Waals surface area contributed by atoms with E-state index in [0.29, 0.717) is 14.5 Å². The third-order valence-corrected chi connectivity index (χ3v) is 5.96. The first-order valence-corrected chi connectivity index (χ1v) is 8.22. The Bertz CT molecular complexity index is 924. The van der Waals surface area contributed by atoms with Gasteiger partial charge in [0.15, 0.2) is 0 Å². The Morgan fingerprint density at radius 1 is 0.950 bits per heavy atom. The summed E-state index contributed by atoms with van der Waals surface area (Å²) in [6, 6.07) is 12.9. The van der Waals surface area contributed by atoms with Crippen molar-refractivity contribution in [2.75, 3.05) is 0 Å². The molecule has 0 aliphatic carbocycles. The number of hydrogen-bond donors (Lipinski definition) is 0. The zero-order valence-corrected chi connectivity index (χ0v) is 12.7. The molecule has 0 amide bonds. The average molecular weight is 323 g/mol. The molecule has 4 aromatic rings. The Hall–Kier alpha value is -1.96. The van der Waals surface area contributed by atoms with Crippen LogP contribution in [0.4, 0.5) is 0 Å². The number of aromatic nitrogens is 2. The number of rotatable bonds is 1. The number of fused-ring (bicyclic) bond motifs is 3. The van der Waals surface area contributed by atoms with Crippen LogP contribution in [0.15, 0.2) is 55.0 Å². The fraction of sp³-hybridized carbons (Fsp3) is 0.0588. The average Bonchev–Trinajstić information content (AvgIpc) is 2.85. The van der Waals surface area contributed by atoms with E-state index in [1.54, 1.807) is 0 Å². The molecule has 0 bridgehead atoms. The summed E-state index contributed by atoms with van der Waals surface area (Å²) in [5.41, 5.74) is 3.38. The van der Waals surface area contributed by atoms with Gasteiger partial charge in [-0.1, -0.05) is 0 Å². The maximum atomic E-state index is 4.65. The summed E-state index contributed by atoms with van der Waals surface area (Å²) >= 11 is 0.389. The zero-order valence-electron chi connectivity index (χ0n) is 11.0. The van der Waals surface area contributed by atoms with Crippen LogP contribution in [0.5, 0.6) is 0 Å². The fourth-order valence-electron chi connectivity index (χ4n) is 2.50. The van der Waals surface area contributed by atoms with Crippen molar-refractivity contribution in [3.63, 3.8) is 0 Å². The molecule has 3 aromatic heterocycles. The number of hydrogen-bond acceptors (Lipinski definition) is 2. The minimum absolute atomic E-state index is 0.389. The number of aryl methyl sites for hydroxylation is 1. The molecule has 0 radical (unpaired) electrons. The second-order valence-corrected chi connectivity index (χ2v) is 7.13. The Labute approximate surface area is 122 Å². The van der Waals surface area contributed by atoms with Crippen molar-refractivity contribution in [2.45, 2.75) is 6.92 Å². The molecule has 3 heteroatoms. The Balaban J connectivity index is 2.00. The molecule has 20 heavy (non-hydrogen) atoms. The third kappa shape index (κ3) is 1.79. The van der Waals surface area contributed by atoms with Crippen molar-refractivity contribution in [2.24, 2.45) is 0 Å². The van der Waals surface area contributed by atoms with E-state index in [9.17, 15) is 0 Å². The molecule has 0 aliphatic heterocycles. The van der Waals surface area contributed by atoms with Crippen molar-refractivity contribution in [3.05, 3.63) is 60.6 Å². The van der Waals surface area contributed by atoms with Crippen molar-refractivity contribution in [1.82, 2.24) is 9.97 Å². The van der Waals surface area contributed by atoms with Crippen LogP contribution in [0.25, 0.3) is 30.6 Å². The van der Waals surface area contributed by atoms with Crippen molar-refractivity contribution >= 4 is 33.8 Å². The predicted molar refractivity (Wildman–Crippen MR) is 84.2 cm³/mol. The van der Waals surface area contributed by atoms with Gasteiger partial charge in [0.25, 0.3) is 0 Å². The Morgan fingerprint density at radius 2 is 1.85 bits per heavy atom. The SMILES string of the molecule is Cc1ccncc1-c1cc2[se]c3ccccc3c2cn1. The van der Waals surface area contributed by atoms with Crippen LogP contribution in [0.3, 0.4) is 0 Å². The Morgan fingerprint density at radius 3 is 2.75 bits per heavy atom. The van der Waals surface area contributed by atoms with Crippen LogP contribution < -0.4 is 0 Å². The van der Waals surface area contributed by atoms with Crippen LogP contribution in [-0.2, 0) is 0 Å². The summed E-state index contributed by atoms with van der Waals surface area (Å²) in [4.78, 5) is 8.87. The van der Waals surface area contributed by atoms with E-state index in [-0.39, 0.29) is 0 Å². The topological polar surface area (TPSA) is 25.8 Å². The molecule has 0 aliphatic rings. The van der Waals surface area contributed by atoms with Gasteiger partial charge in [-0.2, -0.15) is 0 Å². The first-order chi connectivity index (χ1) is 9.83. The van der Waals surface area contributed by atoms with Gasteiger partial charge < -0.3 is 0 Å². The summed E-state index contributed by atoms with van der Waals surface area (Å²) in [7, 11) is 0. The van der Waals surface area contributed by atoms with Crippen LogP contribution in [0.2, 0.25) is 0 Å². The maximum absolute atomic E-state index is 4.65. The molecule has 1 aromatic carbocycles. The fourth-order valence-corrected chi connectivity index (χ4v) is 4.84. The minimum atomic E-state index is 0.389. The molecule has 0 N–H and O–H groups in total. The second kappa shape index (κ2) is 4.55. The first kappa shape index (κ1) is 11.8. The van der Waals surface area contributed by atoms with E-state index in [4.69, 9.17) is 0 Å². The van der Waals surface area contributed by atoms with E-state index in [1.807, 2.05) is 24.7 Å². The quantitative estimate of drug-likeness (QED) is 0.498. The Kier molecular flexibility index (Phi) is 2.69. The number of benzene rings is 1. The second-order valence-electron chi connectivity index (χ2n) is 4.85. The van der Waals surface area contributed by atoms with Crippen molar-refractivity contribution < 1.29 is 0 Å². The van der Waals surface area contributed by atoms with Crippen LogP contribution in [0.1, 0.15) is 5.56 Å². The standard InChI is InChI=1S/C17H12N2Se/c1-11-6-7-18-9-13(11)15-8-17-14(10-19-15)12-4-2-3-5-16(12)20-17/h2-10H,1H3. The molecule has 0 saturated carbocycles. The molecule has 2 nitrogen and oxygen atoms in total. The van der Waals surface area contributed by atoms with Gasteiger partial charge in [0.2, 0.25) is 0 Å². The van der Waals surface area contributed by atoms with E-state index < -0.39 is 0 Å². The van der Waals surface area contributed by atoms with Crippen LogP contribution in [-0.4, -0.2) is 24.5 Å².